The van der Waals surface area contributed by atoms with E-state index < -0.39 is 5.41 Å². The highest BCUT2D eigenvalue weighted by Crippen LogP contribution is 2.57. The predicted molar refractivity (Wildman–Crippen MR) is 93.9 cm³/mol. The van der Waals surface area contributed by atoms with Gasteiger partial charge >= 0.3 is 6.03 Å². The minimum atomic E-state index is -0.456. The molecule has 0 bridgehead atoms. The molecule has 4 amide bonds. The van der Waals surface area contributed by atoms with Gasteiger partial charge in [0.2, 0.25) is 11.8 Å². The van der Waals surface area contributed by atoms with Gasteiger partial charge in [-0.05, 0) is 26.2 Å². The zero-order chi connectivity index (χ0) is 18.4. The number of piperidine rings is 1. The van der Waals surface area contributed by atoms with Gasteiger partial charge in [-0.1, -0.05) is 0 Å². The van der Waals surface area contributed by atoms with Crippen molar-refractivity contribution in [1.29, 1.82) is 0 Å². The Hall–Kier alpha value is -1.79. The Morgan fingerprint density at radius 2 is 1.68 bits per heavy atom. The fraction of sp³-hybridized carbons (Fsp3) is 0.833. The summed E-state index contributed by atoms with van der Waals surface area (Å²) in [6.45, 7) is 7.61. The molecule has 3 heterocycles. The van der Waals surface area contributed by atoms with E-state index >= 15 is 0 Å². The molecule has 7 heteroatoms. The maximum Gasteiger partial charge on any atom is 0.319 e. The number of rotatable bonds is 1. The second kappa shape index (κ2) is 6.18. The first-order valence-electron chi connectivity index (χ1n) is 9.27. The molecule has 0 aromatic carbocycles. The molecule has 25 heavy (non-hydrogen) atoms. The Labute approximate surface area is 149 Å². The van der Waals surface area contributed by atoms with Crippen LogP contribution in [0.1, 0.15) is 33.1 Å². The van der Waals surface area contributed by atoms with Crippen LogP contribution in [0.25, 0.3) is 0 Å². The molecule has 3 fully saturated rings. The zero-order valence-electron chi connectivity index (χ0n) is 15.9. The maximum absolute atomic E-state index is 13.2. The second-order valence-corrected chi connectivity index (χ2v) is 8.04. The van der Waals surface area contributed by atoms with E-state index in [-0.39, 0.29) is 23.3 Å². The molecular formula is C18H30N4O3. The van der Waals surface area contributed by atoms with Crippen LogP contribution in [0.4, 0.5) is 4.79 Å². The number of hydrogen-bond acceptors (Lipinski definition) is 3. The summed E-state index contributed by atoms with van der Waals surface area (Å²) in [5, 5.41) is 0. The van der Waals surface area contributed by atoms with Gasteiger partial charge in [-0.25, -0.2) is 4.79 Å². The van der Waals surface area contributed by atoms with Crippen LogP contribution in [0.3, 0.4) is 0 Å². The highest BCUT2D eigenvalue weighted by molar-refractivity contribution is 5.88. The Bertz CT molecular complexity index is 583. The van der Waals surface area contributed by atoms with Gasteiger partial charge in [-0.2, -0.15) is 0 Å². The van der Waals surface area contributed by atoms with Gasteiger partial charge in [0, 0.05) is 65.7 Å². The topological polar surface area (TPSA) is 64.2 Å². The SMILES string of the molecule is CCN1CCC2(CN(C(C)=O)CC23CCN(C(=O)N(C)C)CC3)C1=O. The van der Waals surface area contributed by atoms with E-state index in [9.17, 15) is 14.4 Å². The number of hydrogen-bond donors (Lipinski definition) is 0. The summed E-state index contributed by atoms with van der Waals surface area (Å²) in [6, 6.07) is 0.0262. The molecule has 3 aliphatic heterocycles. The quantitative estimate of drug-likeness (QED) is 0.704. The summed E-state index contributed by atoms with van der Waals surface area (Å²) in [7, 11) is 3.53. The number of likely N-dealkylation sites (tertiary alicyclic amines) is 3. The monoisotopic (exact) mass is 350 g/mol. The van der Waals surface area contributed by atoms with Crippen molar-refractivity contribution in [3.05, 3.63) is 0 Å². The van der Waals surface area contributed by atoms with Crippen molar-refractivity contribution in [3.8, 4) is 0 Å². The van der Waals surface area contributed by atoms with Gasteiger partial charge in [0.15, 0.2) is 0 Å². The minimum absolute atomic E-state index is 0.0262. The Morgan fingerprint density at radius 1 is 1.04 bits per heavy atom. The summed E-state index contributed by atoms with van der Waals surface area (Å²) >= 11 is 0. The largest absolute Gasteiger partial charge is 0.342 e. The van der Waals surface area contributed by atoms with Gasteiger partial charge in [0.1, 0.15) is 0 Å². The van der Waals surface area contributed by atoms with E-state index in [1.807, 2.05) is 21.6 Å². The molecule has 0 N–H and O–H groups in total. The third-order valence-electron chi connectivity index (χ3n) is 6.68. The third-order valence-corrected chi connectivity index (χ3v) is 6.68. The molecule has 0 aromatic rings. The van der Waals surface area contributed by atoms with Crippen molar-refractivity contribution in [2.75, 3.05) is 53.4 Å². The first-order valence-corrected chi connectivity index (χ1v) is 9.27. The summed E-state index contributed by atoms with van der Waals surface area (Å²) in [5.41, 5.74) is -0.648. The molecule has 1 unspecified atom stereocenters. The number of amides is 4. The van der Waals surface area contributed by atoms with E-state index in [0.717, 1.165) is 32.4 Å². The molecule has 140 valence electrons. The van der Waals surface area contributed by atoms with E-state index in [1.165, 1.54) is 0 Å². The number of urea groups is 1. The number of fused-ring (bicyclic) bond motifs is 1. The highest BCUT2D eigenvalue weighted by atomic mass is 16.2. The molecule has 1 atom stereocenters. The molecule has 0 aromatic heterocycles. The van der Waals surface area contributed by atoms with Gasteiger partial charge in [0.05, 0.1) is 5.41 Å². The van der Waals surface area contributed by atoms with Gasteiger partial charge in [0.25, 0.3) is 0 Å². The average Bonchev–Trinajstić information content (AvgIpc) is 3.08. The third kappa shape index (κ3) is 2.59. The molecule has 3 rings (SSSR count). The molecule has 0 radical (unpaired) electrons. The average molecular weight is 350 g/mol. The van der Waals surface area contributed by atoms with Crippen molar-refractivity contribution >= 4 is 17.8 Å². The van der Waals surface area contributed by atoms with Crippen molar-refractivity contribution in [1.82, 2.24) is 19.6 Å². The smallest absolute Gasteiger partial charge is 0.319 e. The first-order chi connectivity index (χ1) is 11.8. The van der Waals surface area contributed by atoms with Crippen molar-refractivity contribution in [3.63, 3.8) is 0 Å². The van der Waals surface area contributed by atoms with Gasteiger partial charge in [-0.3, -0.25) is 9.59 Å². The van der Waals surface area contributed by atoms with E-state index in [2.05, 4.69) is 0 Å². The van der Waals surface area contributed by atoms with E-state index in [0.29, 0.717) is 26.2 Å². The molecule has 2 spiro atoms. The lowest BCUT2D eigenvalue weighted by molar-refractivity contribution is -0.142. The fourth-order valence-corrected chi connectivity index (χ4v) is 5.11. The molecule has 0 saturated carbocycles. The van der Waals surface area contributed by atoms with Crippen molar-refractivity contribution in [2.45, 2.75) is 33.1 Å². The Balaban J connectivity index is 1.87. The first kappa shape index (κ1) is 18.0. The van der Waals surface area contributed by atoms with Crippen LogP contribution in [0.5, 0.6) is 0 Å². The van der Waals surface area contributed by atoms with Gasteiger partial charge < -0.3 is 19.6 Å². The van der Waals surface area contributed by atoms with Crippen LogP contribution in [-0.2, 0) is 9.59 Å². The summed E-state index contributed by atoms with van der Waals surface area (Å²) in [6.07, 6.45) is 2.41. The zero-order valence-corrected chi connectivity index (χ0v) is 15.9. The minimum Gasteiger partial charge on any atom is -0.342 e. The van der Waals surface area contributed by atoms with Crippen molar-refractivity contribution < 1.29 is 14.4 Å². The van der Waals surface area contributed by atoms with Crippen molar-refractivity contribution in [2.24, 2.45) is 10.8 Å². The summed E-state index contributed by atoms with van der Waals surface area (Å²) < 4.78 is 0. The Morgan fingerprint density at radius 3 is 2.16 bits per heavy atom. The second-order valence-electron chi connectivity index (χ2n) is 8.04. The number of nitrogens with zero attached hydrogens (tertiary/aromatic N) is 4. The lowest BCUT2D eigenvalue weighted by Crippen LogP contribution is -2.54. The standard InChI is InChI=1S/C18H30N4O3/c1-5-20-11-8-18(15(20)24)13-22(14(2)23)12-17(18)6-9-21(10-7-17)16(25)19(3)4/h5-13H2,1-4H3. The van der Waals surface area contributed by atoms with Crippen LogP contribution in [0, 0.1) is 10.8 Å². The van der Waals surface area contributed by atoms with Crippen LogP contribution in [-0.4, -0.2) is 90.8 Å². The molecule has 3 saturated heterocycles. The molecular weight excluding hydrogens is 320 g/mol. The Kier molecular flexibility index (Phi) is 4.45. The highest BCUT2D eigenvalue weighted by Gasteiger charge is 2.65. The summed E-state index contributed by atoms with van der Waals surface area (Å²) in [4.78, 5) is 44.8. The number of carbonyl (C=O) groups excluding carboxylic acids is 3. The lowest BCUT2D eigenvalue weighted by atomic mass is 9.60. The van der Waals surface area contributed by atoms with Crippen LogP contribution < -0.4 is 0 Å². The lowest BCUT2D eigenvalue weighted by Gasteiger charge is -2.47. The summed E-state index contributed by atoms with van der Waals surface area (Å²) in [5.74, 6) is 0.261. The molecule has 7 nitrogen and oxygen atoms in total. The molecule has 3 aliphatic rings. The van der Waals surface area contributed by atoms with Crippen LogP contribution in [0.15, 0.2) is 0 Å². The van der Waals surface area contributed by atoms with E-state index in [1.54, 1.807) is 25.9 Å². The normalized spacial score (nSPS) is 28.3. The van der Waals surface area contributed by atoms with Crippen LogP contribution in [0.2, 0.25) is 0 Å². The van der Waals surface area contributed by atoms with Crippen LogP contribution >= 0.6 is 0 Å². The van der Waals surface area contributed by atoms with Gasteiger partial charge in [-0.15, -0.1) is 0 Å². The number of carbonyl (C=O) groups is 3. The fourth-order valence-electron chi connectivity index (χ4n) is 5.11. The molecule has 0 aliphatic carbocycles. The predicted octanol–water partition coefficient (Wildman–Crippen LogP) is 0.851. The maximum atomic E-state index is 13.2. The van der Waals surface area contributed by atoms with E-state index in [4.69, 9.17) is 0 Å².